The number of anilines is 1. The lowest BCUT2D eigenvalue weighted by molar-refractivity contribution is 0.0600. The van der Waals surface area contributed by atoms with Crippen LogP contribution in [0.3, 0.4) is 0 Å². The maximum atomic E-state index is 13.5. The zero-order chi connectivity index (χ0) is 21.3. The first-order valence-corrected chi connectivity index (χ1v) is 9.02. The molecule has 0 fully saturated rings. The summed E-state index contributed by atoms with van der Waals surface area (Å²) < 4.78 is 18.2. The summed E-state index contributed by atoms with van der Waals surface area (Å²) in [6.45, 7) is 0.208. The van der Waals surface area contributed by atoms with Gasteiger partial charge in [0.05, 0.1) is 24.9 Å². The third-order valence-electron chi connectivity index (χ3n) is 4.01. The molecule has 0 bridgehead atoms. The van der Waals surface area contributed by atoms with E-state index < -0.39 is 17.7 Å². The topological polar surface area (TPSA) is 92.7 Å². The Labute approximate surface area is 172 Å². The van der Waals surface area contributed by atoms with Crippen LogP contribution in [0.2, 0.25) is 0 Å². The summed E-state index contributed by atoms with van der Waals surface area (Å²) in [6.07, 6.45) is 1.64. The number of amides is 1. The maximum absolute atomic E-state index is 13.5. The molecule has 0 aliphatic rings. The highest BCUT2D eigenvalue weighted by Gasteiger charge is 2.12. The number of pyridine rings is 1. The first-order valence-electron chi connectivity index (χ1n) is 9.02. The van der Waals surface area contributed by atoms with Gasteiger partial charge in [-0.05, 0) is 54.6 Å². The minimum atomic E-state index is -0.493. The van der Waals surface area contributed by atoms with E-state index in [4.69, 9.17) is 0 Å². The second-order valence-corrected chi connectivity index (χ2v) is 6.14. The van der Waals surface area contributed by atoms with Crippen LogP contribution < -0.4 is 10.6 Å². The predicted molar refractivity (Wildman–Crippen MR) is 111 cm³/mol. The van der Waals surface area contributed by atoms with Gasteiger partial charge in [-0.1, -0.05) is 12.1 Å². The number of rotatable bonds is 5. The summed E-state index contributed by atoms with van der Waals surface area (Å²) in [7, 11) is 1.28. The van der Waals surface area contributed by atoms with Crippen molar-refractivity contribution in [1.82, 2.24) is 10.3 Å². The van der Waals surface area contributed by atoms with E-state index in [0.717, 1.165) is 0 Å². The molecule has 3 rings (SSSR count). The van der Waals surface area contributed by atoms with E-state index in [-0.39, 0.29) is 12.5 Å². The van der Waals surface area contributed by atoms with E-state index in [1.54, 1.807) is 30.5 Å². The normalized spacial score (nSPS) is 10.9. The molecule has 0 unspecified atom stereocenters. The third-order valence-corrected chi connectivity index (χ3v) is 4.01. The molecule has 0 saturated carbocycles. The summed E-state index contributed by atoms with van der Waals surface area (Å²) >= 11 is 0. The molecule has 0 radical (unpaired) electrons. The lowest BCUT2D eigenvalue weighted by atomic mass is 10.1. The van der Waals surface area contributed by atoms with Crippen LogP contribution in [0.25, 0.3) is 0 Å². The summed E-state index contributed by atoms with van der Waals surface area (Å²) in [5.41, 5.74) is 1.77. The predicted octanol–water partition coefficient (Wildman–Crippen LogP) is 3.41. The quantitative estimate of drug-likeness (QED) is 0.385. The number of benzene rings is 2. The van der Waals surface area contributed by atoms with Gasteiger partial charge < -0.3 is 10.1 Å². The Balaban J connectivity index is 1.78. The van der Waals surface area contributed by atoms with Gasteiger partial charge in [0.2, 0.25) is 5.96 Å². The van der Waals surface area contributed by atoms with Gasteiger partial charge >= 0.3 is 5.97 Å². The maximum Gasteiger partial charge on any atom is 0.337 e. The molecular formula is C22H19FN4O3. The molecule has 8 heteroatoms. The van der Waals surface area contributed by atoms with Crippen molar-refractivity contribution in [3.05, 3.63) is 95.6 Å². The second kappa shape index (κ2) is 9.92. The van der Waals surface area contributed by atoms with Gasteiger partial charge in [0.25, 0.3) is 5.91 Å². The fourth-order valence-corrected chi connectivity index (χ4v) is 2.52. The molecule has 2 aromatic carbocycles. The summed E-state index contributed by atoms with van der Waals surface area (Å²) in [6, 6.07) is 17.2. The van der Waals surface area contributed by atoms with Gasteiger partial charge in [0, 0.05) is 17.4 Å². The number of aliphatic imine (C=N–C) groups is 1. The molecular weight excluding hydrogens is 387 g/mol. The van der Waals surface area contributed by atoms with E-state index in [1.165, 1.54) is 43.5 Å². The number of hydrogen-bond acceptors (Lipinski definition) is 5. The molecule has 1 amide bonds. The van der Waals surface area contributed by atoms with Crippen LogP contribution in [0.4, 0.5) is 10.1 Å². The Morgan fingerprint density at radius 1 is 1.03 bits per heavy atom. The first-order chi connectivity index (χ1) is 14.5. The number of guanidine groups is 1. The van der Waals surface area contributed by atoms with Crippen LogP contribution in [-0.2, 0) is 11.3 Å². The number of halogens is 1. The lowest BCUT2D eigenvalue weighted by Crippen LogP contribution is -2.36. The summed E-state index contributed by atoms with van der Waals surface area (Å²) in [5, 5.41) is 5.57. The van der Waals surface area contributed by atoms with Gasteiger partial charge in [-0.15, -0.1) is 0 Å². The number of esters is 1. The Hall–Kier alpha value is -4.07. The highest BCUT2D eigenvalue weighted by Crippen LogP contribution is 2.10. The Kier molecular flexibility index (Phi) is 6.83. The zero-order valence-electron chi connectivity index (χ0n) is 16.1. The fourth-order valence-electron chi connectivity index (χ4n) is 2.52. The molecule has 0 aliphatic carbocycles. The minimum absolute atomic E-state index is 0.133. The molecule has 7 nitrogen and oxygen atoms in total. The largest absolute Gasteiger partial charge is 0.465 e. The minimum Gasteiger partial charge on any atom is -0.465 e. The van der Waals surface area contributed by atoms with Crippen LogP contribution in [0.5, 0.6) is 0 Å². The first kappa shape index (κ1) is 20.7. The van der Waals surface area contributed by atoms with E-state index in [9.17, 15) is 14.0 Å². The second-order valence-electron chi connectivity index (χ2n) is 6.14. The smallest absolute Gasteiger partial charge is 0.337 e. The lowest BCUT2D eigenvalue weighted by Gasteiger charge is -2.12. The molecule has 3 aromatic rings. The third kappa shape index (κ3) is 5.71. The Morgan fingerprint density at radius 2 is 1.80 bits per heavy atom. The van der Waals surface area contributed by atoms with Crippen molar-refractivity contribution in [3.8, 4) is 0 Å². The van der Waals surface area contributed by atoms with Crippen LogP contribution in [0.15, 0.2) is 77.9 Å². The van der Waals surface area contributed by atoms with Crippen LogP contribution in [0, 0.1) is 5.82 Å². The molecule has 0 spiro atoms. The Morgan fingerprint density at radius 3 is 2.47 bits per heavy atom. The number of nitrogens with one attached hydrogen (secondary N) is 2. The fraction of sp³-hybridized carbons (Fsp3) is 0.0909. The van der Waals surface area contributed by atoms with Gasteiger partial charge in [-0.2, -0.15) is 0 Å². The number of aromatic nitrogens is 1. The van der Waals surface area contributed by atoms with Gasteiger partial charge in [-0.25, -0.2) is 14.2 Å². The van der Waals surface area contributed by atoms with Gasteiger partial charge in [0.15, 0.2) is 0 Å². The average Bonchev–Trinajstić information content (AvgIpc) is 2.77. The number of methoxy groups -OCH3 is 1. The van der Waals surface area contributed by atoms with E-state index in [0.29, 0.717) is 22.5 Å². The van der Waals surface area contributed by atoms with Gasteiger partial charge in [-0.3, -0.25) is 15.1 Å². The molecule has 0 saturated heterocycles. The van der Waals surface area contributed by atoms with Crippen molar-refractivity contribution in [3.63, 3.8) is 0 Å². The van der Waals surface area contributed by atoms with E-state index in [1.807, 2.05) is 6.07 Å². The van der Waals surface area contributed by atoms with Crippen molar-refractivity contribution in [2.75, 3.05) is 12.4 Å². The zero-order valence-corrected chi connectivity index (χ0v) is 16.1. The molecule has 0 atom stereocenters. The van der Waals surface area contributed by atoms with Crippen LogP contribution >= 0.6 is 0 Å². The van der Waals surface area contributed by atoms with Crippen LogP contribution in [-0.4, -0.2) is 29.9 Å². The number of hydrogen-bond donors (Lipinski definition) is 2. The van der Waals surface area contributed by atoms with Crippen molar-refractivity contribution < 1.29 is 18.7 Å². The number of carbonyl (C=O) groups is 2. The summed E-state index contributed by atoms with van der Waals surface area (Å²) in [4.78, 5) is 32.7. The standard InChI is InChI=1S/C22H19FN4O3/c1-30-21(29)16-10-8-15(9-11-16)20(28)27-22(25-14-19-6-2-3-12-24-19)26-18-7-4-5-17(23)13-18/h2-13H,14H2,1H3,(H2,25,26,27,28). The molecule has 30 heavy (non-hydrogen) atoms. The van der Waals surface area contributed by atoms with Gasteiger partial charge in [0.1, 0.15) is 5.82 Å². The number of carbonyl (C=O) groups excluding carboxylic acids is 2. The Bertz CT molecular complexity index is 1050. The monoisotopic (exact) mass is 406 g/mol. The van der Waals surface area contributed by atoms with Crippen molar-refractivity contribution >= 4 is 23.5 Å². The average molecular weight is 406 g/mol. The molecule has 1 aromatic heterocycles. The van der Waals surface area contributed by atoms with Crippen molar-refractivity contribution in [1.29, 1.82) is 0 Å². The number of ether oxygens (including phenoxy) is 1. The summed E-state index contributed by atoms with van der Waals surface area (Å²) in [5.74, 6) is -1.23. The van der Waals surface area contributed by atoms with E-state index >= 15 is 0 Å². The SMILES string of the molecule is COC(=O)c1ccc(C(=O)NC(=NCc2ccccn2)Nc2cccc(F)c2)cc1. The molecule has 152 valence electrons. The molecule has 1 heterocycles. The highest BCUT2D eigenvalue weighted by molar-refractivity contribution is 6.10. The van der Waals surface area contributed by atoms with E-state index in [2.05, 4.69) is 25.3 Å². The number of nitrogens with zero attached hydrogens (tertiary/aromatic N) is 2. The van der Waals surface area contributed by atoms with Crippen molar-refractivity contribution in [2.45, 2.75) is 6.54 Å². The molecule has 0 aliphatic heterocycles. The highest BCUT2D eigenvalue weighted by atomic mass is 19.1. The molecule has 2 N–H and O–H groups in total. The van der Waals surface area contributed by atoms with Crippen LogP contribution in [0.1, 0.15) is 26.4 Å². The van der Waals surface area contributed by atoms with Crippen molar-refractivity contribution in [2.24, 2.45) is 4.99 Å².